The van der Waals surface area contributed by atoms with Crippen molar-refractivity contribution >= 4 is 5.69 Å². The van der Waals surface area contributed by atoms with Gasteiger partial charge < -0.3 is 10.6 Å². The minimum absolute atomic E-state index is 0.105. The average Bonchev–Trinajstić information content (AvgIpc) is 2.69. The highest BCUT2D eigenvalue weighted by atomic mass is 15.2. The molecule has 0 aromatic heterocycles. The van der Waals surface area contributed by atoms with E-state index in [1.165, 1.54) is 30.5 Å². The first-order valence-corrected chi connectivity index (χ1v) is 7.52. The Morgan fingerprint density at radius 2 is 1.89 bits per heavy atom. The predicted octanol–water partition coefficient (Wildman–Crippen LogP) is 3.73. The van der Waals surface area contributed by atoms with Gasteiger partial charge in [-0.25, -0.2) is 0 Å². The van der Waals surface area contributed by atoms with Crippen LogP contribution in [0.25, 0.3) is 0 Å². The third kappa shape index (κ3) is 2.16. The van der Waals surface area contributed by atoms with Crippen LogP contribution in [-0.2, 0) is 0 Å². The number of anilines is 1. The third-order valence-electron chi connectivity index (χ3n) is 5.23. The smallest absolute Gasteiger partial charge is 0.0574 e. The lowest BCUT2D eigenvalue weighted by molar-refractivity contribution is 0.201. The van der Waals surface area contributed by atoms with Crippen LogP contribution >= 0.6 is 0 Å². The maximum absolute atomic E-state index is 6.27. The summed E-state index contributed by atoms with van der Waals surface area (Å²) in [4.78, 5) is 2.56. The van der Waals surface area contributed by atoms with Crippen molar-refractivity contribution < 1.29 is 0 Å². The van der Waals surface area contributed by atoms with Crippen LogP contribution in [0.4, 0.5) is 5.69 Å². The van der Waals surface area contributed by atoms with Gasteiger partial charge in [0, 0.05) is 18.8 Å². The number of hydrogen-bond acceptors (Lipinski definition) is 2. The van der Waals surface area contributed by atoms with Gasteiger partial charge in [-0.3, -0.25) is 0 Å². The van der Waals surface area contributed by atoms with Crippen molar-refractivity contribution in [3.63, 3.8) is 0 Å². The highest BCUT2D eigenvalue weighted by Gasteiger charge is 2.51. The van der Waals surface area contributed by atoms with Gasteiger partial charge in [0.1, 0.15) is 0 Å². The molecule has 1 saturated carbocycles. The summed E-state index contributed by atoms with van der Waals surface area (Å²) < 4.78 is 0. The molecule has 0 aliphatic heterocycles. The Bertz CT molecular complexity index is 439. The van der Waals surface area contributed by atoms with E-state index in [0.29, 0.717) is 0 Å². The molecule has 1 fully saturated rings. The zero-order valence-corrected chi connectivity index (χ0v) is 12.9. The van der Waals surface area contributed by atoms with Gasteiger partial charge in [-0.15, -0.1) is 0 Å². The molecule has 2 heteroatoms. The van der Waals surface area contributed by atoms with Gasteiger partial charge >= 0.3 is 0 Å². The molecule has 0 amide bonds. The third-order valence-corrected chi connectivity index (χ3v) is 5.23. The molecule has 1 atom stereocenters. The molecular weight excluding hydrogens is 232 g/mol. The van der Waals surface area contributed by atoms with Crippen LogP contribution in [0.15, 0.2) is 24.3 Å². The summed E-state index contributed by atoms with van der Waals surface area (Å²) in [6.45, 7) is 11.0. The second-order valence-corrected chi connectivity index (χ2v) is 6.50. The van der Waals surface area contributed by atoms with Crippen molar-refractivity contribution in [3.05, 3.63) is 29.8 Å². The number of nitrogens with two attached hydrogens (primary N) is 1. The van der Waals surface area contributed by atoms with Crippen molar-refractivity contribution in [2.24, 2.45) is 11.1 Å². The first kappa shape index (κ1) is 14.4. The lowest BCUT2D eigenvalue weighted by Crippen LogP contribution is -2.60. The fraction of sp³-hybridized carbons (Fsp3) is 0.647. The monoisotopic (exact) mass is 260 g/mol. The molecule has 19 heavy (non-hydrogen) atoms. The first-order valence-electron chi connectivity index (χ1n) is 7.52. The van der Waals surface area contributed by atoms with E-state index in [-0.39, 0.29) is 11.0 Å². The van der Waals surface area contributed by atoms with Crippen LogP contribution < -0.4 is 10.6 Å². The van der Waals surface area contributed by atoms with Crippen LogP contribution in [0.1, 0.15) is 45.6 Å². The Hall–Kier alpha value is -1.02. The standard InChI is InChI=1S/C17H28N2/c1-5-19(15-10-7-6-9-14(15)2)17(13-18)12-8-11-16(17,3)4/h6-7,9-10H,5,8,11-13,18H2,1-4H3. The maximum atomic E-state index is 6.27. The quantitative estimate of drug-likeness (QED) is 0.894. The van der Waals surface area contributed by atoms with Crippen molar-refractivity contribution in [2.75, 3.05) is 18.0 Å². The molecule has 1 aliphatic carbocycles. The molecule has 106 valence electrons. The van der Waals surface area contributed by atoms with Gasteiger partial charge in [0.2, 0.25) is 0 Å². The Morgan fingerprint density at radius 3 is 2.37 bits per heavy atom. The molecule has 0 heterocycles. The molecule has 1 unspecified atom stereocenters. The number of para-hydroxylation sites is 1. The van der Waals surface area contributed by atoms with Crippen LogP contribution in [0.3, 0.4) is 0 Å². The summed E-state index contributed by atoms with van der Waals surface area (Å²) in [5.41, 5.74) is 9.35. The summed E-state index contributed by atoms with van der Waals surface area (Å²) in [5, 5.41) is 0. The maximum Gasteiger partial charge on any atom is 0.0574 e. The van der Waals surface area contributed by atoms with Gasteiger partial charge in [0.05, 0.1) is 5.54 Å². The number of hydrogen-bond donors (Lipinski definition) is 1. The predicted molar refractivity (Wildman–Crippen MR) is 83.6 cm³/mol. The second kappa shape index (κ2) is 5.16. The number of nitrogens with zero attached hydrogens (tertiary/aromatic N) is 1. The van der Waals surface area contributed by atoms with E-state index in [2.05, 4.69) is 56.9 Å². The summed E-state index contributed by atoms with van der Waals surface area (Å²) >= 11 is 0. The highest BCUT2D eigenvalue weighted by molar-refractivity contribution is 5.56. The van der Waals surface area contributed by atoms with Gasteiger partial charge in [-0.05, 0) is 43.7 Å². The minimum Gasteiger partial charge on any atom is -0.364 e. The molecular formula is C17H28N2. The van der Waals surface area contributed by atoms with E-state index in [4.69, 9.17) is 5.73 Å². The fourth-order valence-electron chi connectivity index (χ4n) is 3.95. The number of likely N-dealkylation sites (N-methyl/N-ethyl adjacent to an activating group) is 1. The SMILES string of the molecule is CCN(c1ccccc1C)C1(CN)CCCC1(C)C. The lowest BCUT2D eigenvalue weighted by atomic mass is 9.73. The Kier molecular flexibility index (Phi) is 3.91. The molecule has 1 aromatic rings. The zero-order valence-electron chi connectivity index (χ0n) is 12.9. The van der Waals surface area contributed by atoms with E-state index < -0.39 is 0 Å². The molecule has 1 aromatic carbocycles. The number of aryl methyl sites for hydroxylation is 1. The largest absolute Gasteiger partial charge is 0.364 e. The highest BCUT2D eigenvalue weighted by Crippen LogP contribution is 2.50. The molecule has 0 saturated heterocycles. The van der Waals surface area contributed by atoms with E-state index in [1.807, 2.05) is 0 Å². The van der Waals surface area contributed by atoms with Crippen LogP contribution in [0, 0.1) is 12.3 Å². The summed E-state index contributed by atoms with van der Waals surface area (Å²) in [6.07, 6.45) is 3.76. The van der Waals surface area contributed by atoms with E-state index in [1.54, 1.807) is 0 Å². The molecule has 2 rings (SSSR count). The van der Waals surface area contributed by atoms with Crippen LogP contribution in [0.2, 0.25) is 0 Å². The summed E-state index contributed by atoms with van der Waals surface area (Å²) in [5.74, 6) is 0. The second-order valence-electron chi connectivity index (χ2n) is 6.50. The first-order chi connectivity index (χ1) is 8.98. The molecule has 2 N–H and O–H groups in total. The molecule has 2 nitrogen and oxygen atoms in total. The van der Waals surface area contributed by atoms with Gasteiger partial charge in [0.25, 0.3) is 0 Å². The Labute approximate surface area is 118 Å². The molecule has 0 bridgehead atoms. The van der Waals surface area contributed by atoms with E-state index in [0.717, 1.165) is 13.1 Å². The van der Waals surface area contributed by atoms with Crippen molar-refractivity contribution in [3.8, 4) is 0 Å². The Morgan fingerprint density at radius 1 is 1.21 bits per heavy atom. The van der Waals surface area contributed by atoms with Crippen LogP contribution in [-0.4, -0.2) is 18.6 Å². The summed E-state index contributed by atoms with van der Waals surface area (Å²) in [7, 11) is 0. The lowest BCUT2D eigenvalue weighted by Gasteiger charge is -2.51. The van der Waals surface area contributed by atoms with E-state index >= 15 is 0 Å². The zero-order chi connectivity index (χ0) is 14.1. The minimum atomic E-state index is 0.105. The van der Waals surface area contributed by atoms with Crippen molar-refractivity contribution in [1.82, 2.24) is 0 Å². The average molecular weight is 260 g/mol. The fourth-order valence-corrected chi connectivity index (χ4v) is 3.95. The number of rotatable bonds is 4. The Balaban J connectivity index is 2.49. The molecule has 1 aliphatic rings. The van der Waals surface area contributed by atoms with Crippen LogP contribution in [0.5, 0.6) is 0 Å². The van der Waals surface area contributed by atoms with Crippen molar-refractivity contribution in [1.29, 1.82) is 0 Å². The van der Waals surface area contributed by atoms with E-state index in [9.17, 15) is 0 Å². The van der Waals surface area contributed by atoms with Crippen molar-refractivity contribution in [2.45, 2.75) is 52.5 Å². The molecule has 0 radical (unpaired) electrons. The van der Waals surface area contributed by atoms with Gasteiger partial charge in [-0.1, -0.05) is 38.5 Å². The normalized spacial score (nSPS) is 25.5. The topological polar surface area (TPSA) is 29.3 Å². The van der Waals surface area contributed by atoms with Gasteiger partial charge in [-0.2, -0.15) is 0 Å². The molecule has 0 spiro atoms. The number of benzene rings is 1. The summed E-state index contributed by atoms with van der Waals surface area (Å²) in [6, 6.07) is 8.69. The van der Waals surface area contributed by atoms with Gasteiger partial charge in [0.15, 0.2) is 0 Å².